The van der Waals surface area contributed by atoms with E-state index in [-0.39, 0.29) is 30.4 Å². The summed E-state index contributed by atoms with van der Waals surface area (Å²) in [4.78, 5) is 57.7. The molecule has 2 atom stereocenters. The first-order valence-electron chi connectivity index (χ1n) is 13.3. The number of benzene rings is 2. The third-order valence-corrected chi connectivity index (χ3v) is 8.75. The highest BCUT2D eigenvalue weighted by Gasteiger charge is 2.57. The summed E-state index contributed by atoms with van der Waals surface area (Å²) in [7, 11) is 4.46. The van der Waals surface area contributed by atoms with Crippen LogP contribution in [0.1, 0.15) is 23.6 Å². The van der Waals surface area contributed by atoms with Gasteiger partial charge in [0.05, 0.1) is 7.11 Å². The average Bonchev–Trinajstić information content (AvgIpc) is 2.94. The van der Waals surface area contributed by atoms with Crippen molar-refractivity contribution in [2.75, 3.05) is 40.8 Å². The summed E-state index contributed by atoms with van der Waals surface area (Å²) in [6.45, 7) is 2.07. The molecule has 0 N–H and O–H groups in total. The Labute approximate surface area is 226 Å². The van der Waals surface area contributed by atoms with Crippen LogP contribution in [0.5, 0.6) is 5.75 Å². The normalized spacial score (nSPS) is 22.8. The van der Waals surface area contributed by atoms with Crippen molar-refractivity contribution >= 4 is 28.6 Å². The molecule has 9 heteroatoms. The summed E-state index contributed by atoms with van der Waals surface area (Å²) in [6.07, 6.45) is 1.06. The minimum absolute atomic E-state index is 0.00886. The number of carbonyl (C=O) groups excluding carboxylic acids is 3. The molecule has 3 aliphatic rings. The summed E-state index contributed by atoms with van der Waals surface area (Å²) < 4.78 is 7.59. The summed E-state index contributed by atoms with van der Waals surface area (Å²) in [5, 5.41) is 1.88. The summed E-state index contributed by atoms with van der Waals surface area (Å²) >= 11 is 0. The Hall–Kier alpha value is -3.98. The van der Waals surface area contributed by atoms with Crippen LogP contribution in [-0.4, -0.2) is 78.0 Å². The van der Waals surface area contributed by atoms with E-state index in [1.807, 2.05) is 47.0 Å². The number of urea groups is 1. The minimum Gasteiger partial charge on any atom is -0.496 e. The SMILES string of the molecule is COc1ccc2ccccc2c1CC1(CN2CC3C[C@H](C2)c2cccc(=O)n2C3)C(=O)N(C)C(=O)N(C)C1=O. The Morgan fingerprint density at radius 3 is 2.36 bits per heavy atom. The van der Waals surface area contributed by atoms with Crippen molar-refractivity contribution in [3.8, 4) is 5.75 Å². The van der Waals surface area contributed by atoms with Crippen LogP contribution >= 0.6 is 0 Å². The highest BCUT2D eigenvalue weighted by molar-refractivity contribution is 6.19. The molecule has 0 radical (unpaired) electrons. The van der Waals surface area contributed by atoms with E-state index in [0.29, 0.717) is 25.4 Å². The van der Waals surface area contributed by atoms with Gasteiger partial charge in [-0.15, -0.1) is 0 Å². The first kappa shape index (κ1) is 25.3. The molecule has 4 amide bonds. The van der Waals surface area contributed by atoms with Gasteiger partial charge in [0.15, 0.2) is 0 Å². The highest BCUT2D eigenvalue weighted by atomic mass is 16.5. The molecule has 9 nitrogen and oxygen atoms in total. The van der Waals surface area contributed by atoms with Crippen molar-refractivity contribution in [2.45, 2.75) is 25.3 Å². The topological polar surface area (TPSA) is 92.2 Å². The maximum atomic E-state index is 14.1. The predicted octanol–water partition coefficient (Wildman–Crippen LogP) is 2.71. The maximum Gasteiger partial charge on any atom is 0.332 e. The number of hydrogen-bond acceptors (Lipinski definition) is 6. The van der Waals surface area contributed by atoms with Crippen molar-refractivity contribution in [1.29, 1.82) is 0 Å². The predicted molar refractivity (Wildman–Crippen MR) is 146 cm³/mol. The molecule has 2 aromatic carbocycles. The Kier molecular flexibility index (Phi) is 6.06. The van der Waals surface area contributed by atoms with Crippen LogP contribution in [-0.2, 0) is 22.6 Å². The number of fused-ring (bicyclic) bond motifs is 5. The van der Waals surface area contributed by atoms with Gasteiger partial charge in [-0.05, 0) is 35.2 Å². The van der Waals surface area contributed by atoms with E-state index < -0.39 is 23.3 Å². The third kappa shape index (κ3) is 3.95. The Morgan fingerprint density at radius 2 is 1.62 bits per heavy atom. The fourth-order valence-corrected chi connectivity index (χ4v) is 6.97. The van der Waals surface area contributed by atoms with Gasteiger partial charge in [0, 0.05) is 69.9 Å². The molecule has 0 spiro atoms. The van der Waals surface area contributed by atoms with Gasteiger partial charge in [0.2, 0.25) is 11.8 Å². The second-order valence-corrected chi connectivity index (χ2v) is 11.1. The third-order valence-electron chi connectivity index (χ3n) is 8.75. The number of nitrogens with zero attached hydrogens (tertiary/aromatic N) is 4. The highest BCUT2D eigenvalue weighted by Crippen LogP contribution is 2.41. The number of hydrogen-bond donors (Lipinski definition) is 0. The second kappa shape index (κ2) is 9.34. The lowest BCUT2D eigenvalue weighted by Crippen LogP contribution is -2.67. The summed E-state index contributed by atoms with van der Waals surface area (Å²) in [5.41, 5.74) is 0.257. The van der Waals surface area contributed by atoms with Gasteiger partial charge in [-0.1, -0.05) is 36.4 Å². The van der Waals surface area contributed by atoms with Gasteiger partial charge in [-0.3, -0.25) is 24.2 Å². The molecule has 0 saturated carbocycles. The van der Waals surface area contributed by atoms with Gasteiger partial charge in [-0.2, -0.15) is 0 Å². The van der Waals surface area contributed by atoms with Gasteiger partial charge < -0.3 is 14.2 Å². The van der Waals surface area contributed by atoms with Crippen molar-refractivity contribution in [3.05, 3.63) is 76.2 Å². The largest absolute Gasteiger partial charge is 0.496 e. The van der Waals surface area contributed by atoms with E-state index in [1.54, 1.807) is 19.2 Å². The lowest BCUT2D eigenvalue weighted by Gasteiger charge is -2.48. The summed E-state index contributed by atoms with van der Waals surface area (Å²) in [5.74, 6) is -0.0524. The zero-order chi connectivity index (χ0) is 27.5. The number of likely N-dealkylation sites (tertiary alicyclic amines) is 1. The fraction of sp³-hybridized carbons (Fsp3) is 0.400. The smallest absolute Gasteiger partial charge is 0.332 e. The molecular formula is C30H32N4O5. The minimum atomic E-state index is -1.52. The molecule has 2 bridgehead atoms. The second-order valence-electron chi connectivity index (χ2n) is 11.1. The molecule has 3 aromatic rings. The van der Waals surface area contributed by atoms with E-state index in [0.717, 1.165) is 38.3 Å². The number of methoxy groups -OCH3 is 1. The lowest BCUT2D eigenvalue weighted by atomic mass is 9.74. The van der Waals surface area contributed by atoms with Crippen molar-refractivity contribution < 1.29 is 19.1 Å². The Morgan fingerprint density at radius 1 is 0.872 bits per heavy atom. The van der Waals surface area contributed by atoms with Gasteiger partial charge in [-0.25, -0.2) is 4.79 Å². The van der Waals surface area contributed by atoms with E-state index >= 15 is 0 Å². The number of pyridine rings is 1. The fourth-order valence-electron chi connectivity index (χ4n) is 6.97. The Bertz CT molecular complexity index is 1540. The molecule has 202 valence electrons. The van der Waals surface area contributed by atoms with Crippen molar-refractivity contribution in [2.24, 2.45) is 11.3 Å². The van der Waals surface area contributed by atoms with Crippen molar-refractivity contribution in [3.63, 3.8) is 0 Å². The molecule has 0 aliphatic carbocycles. The van der Waals surface area contributed by atoms with E-state index in [4.69, 9.17) is 4.74 Å². The van der Waals surface area contributed by atoms with Gasteiger partial charge in [0.25, 0.3) is 5.56 Å². The van der Waals surface area contributed by atoms with Gasteiger partial charge in [0.1, 0.15) is 11.2 Å². The zero-order valence-electron chi connectivity index (χ0n) is 22.4. The lowest BCUT2D eigenvalue weighted by molar-refractivity contribution is -0.159. The maximum absolute atomic E-state index is 14.1. The standard InChI is InChI=1S/C30H32N4O5/c1-31-27(36)30(28(37)32(2)29(31)38,14-23-22-8-5-4-7-20(22)11-12-25(23)39-3)18-33-15-19-13-21(17-33)24-9-6-10-26(35)34(24)16-19/h4-12,19,21H,13-18H2,1-3H3/t19?,21-/m1/s1. The Balaban J connectivity index is 1.44. The van der Waals surface area contributed by atoms with Crippen LogP contribution < -0.4 is 10.3 Å². The molecule has 39 heavy (non-hydrogen) atoms. The molecule has 2 fully saturated rings. The van der Waals surface area contributed by atoms with Crippen LogP contribution in [0, 0.1) is 11.3 Å². The molecular weight excluding hydrogens is 496 g/mol. The molecule has 3 aliphatic heterocycles. The van der Waals surface area contributed by atoms with E-state index in [1.165, 1.54) is 14.1 Å². The molecule has 6 rings (SSSR count). The van der Waals surface area contributed by atoms with Crippen LogP contribution in [0.2, 0.25) is 0 Å². The van der Waals surface area contributed by atoms with Gasteiger partial charge >= 0.3 is 6.03 Å². The number of piperidine rings is 1. The average molecular weight is 529 g/mol. The molecule has 1 unspecified atom stereocenters. The zero-order valence-corrected chi connectivity index (χ0v) is 22.4. The number of imide groups is 2. The molecule has 4 heterocycles. The molecule has 1 aromatic heterocycles. The number of aromatic nitrogens is 1. The summed E-state index contributed by atoms with van der Waals surface area (Å²) in [6, 6.07) is 16.4. The number of barbiturate groups is 1. The number of rotatable bonds is 5. The first-order chi connectivity index (χ1) is 18.7. The van der Waals surface area contributed by atoms with E-state index in [9.17, 15) is 19.2 Å². The van der Waals surface area contributed by atoms with Crippen LogP contribution in [0.4, 0.5) is 4.79 Å². The van der Waals surface area contributed by atoms with E-state index in [2.05, 4.69) is 4.90 Å². The van der Waals surface area contributed by atoms with Crippen LogP contribution in [0.15, 0.2) is 59.4 Å². The molecule has 2 saturated heterocycles. The van der Waals surface area contributed by atoms with Crippen LogP contribution in [0.25, 0.3) is 10.8 Å². The quantitative estimate of drug-likeness (QED) is 0.473. The van der Waals surface area contributed by atoms with Crippen molar-refractivity contribution in [1.82, 2.24) is 19.3 Å². The monoisotopic (exact) mass is 528 g/mol. The number of carbonyl (C=O) groups is 3. The number of amides is 4. The van der Waals surface area contributed by atoms with Crippen LogP contribution in [0.3, 0.4) is 0 Å². The number of ether oxygens (including phenoxy) is 1. The first-order valence-corrected chi connectivity index (χ1v) is 13.3.